The first kappa shape index (κ1) is 21.8. The molecule has 0 aromatic carbocycles. The van der Waals surface area contributed by atoms with Gasteiger partial charge >= 0.3 is 7.60 Å². The summed E-state index contributed by atoms with van der Waals surface area (Å²) in [6.07, 6.45) is -5.30. The molecule has 5 atom stereocenters. The van der Waals surface area contributed by atoms with E-state index in [0.717, 1.165) is 11.6 Å². The van der Waals surface area contributed by atoms with Gasteiger partial charge in [0.25, 0.3) is 5.91 Å². The van der Waals surface area contributed by atoms with Crippen LogP contribution >= 0.6 is 19.2 Å². The molecule has 0 radical (unpaired) electrons. The van der Waals surface area contributed by atoms with Gasteiger partial charge in [-0.3, -0.25) is 13.9 Å². The van der Waals surface area contributed by atoms with Crippen LogP contribution in [0.25, 0.3) is 11.2 Å². The van der Waals surface area contributed by atoms with E-state index in [9.17, 15) is 28.6 Å². The van der Waals surface area contributed by atoms with E-state index in [1.165, 1.54) is 6.33 Å². The highest BCUT2D eigenvalue weighted by molar-refractivity contribution is 7.53. The van der Waals surface area contributed by atoms with Crippen LogP contribution in [0.1, 0.15) is 6.23 Å². The van der Waals surface area contributed by atoms with Gasteiger partial charge in [0, 0.05) is 7.05 Å². The Kier molecular flexibility index (Phi) is 6.06. The minimum Gasteiger partial charge on any atom is -0.387 e. The van der Waals surface area contributed by atoms with Crippen LogP contribution in [0.5, 0.6) is 0 Å². The first-order chi connectivity index (χ1) is 13.5. The van der Waals surface area contributed by atoms with E-state index in [2.05, 4.69) is 15.0 Å². The summed E-state index contributed by atoms with van der Waals surface area (Å²) < 4.78 is 37.6. The molecule has 1 amide bonds. The van der Waals surface area contributed by atoms with Gasteiger partial charge in [-0.05, 0) is 11.6 Å². The largest absolute Gasteiger partial charge is 0.387 e. The number of aliphatic hydroxyl groups excluding tert-OH is 1. The molecular formula is C13H17ClFN6O7P. The number of aliphatic hydroxyl groups is 1. The average Bonchev–Trinajstić information content (AvgIpc) is 3.16. The summed E-state index contributed by atoms with van der Waals surface area (Å²) in [5.41, 5.74) is 5.89. The molecule has 16 heteroatoms. The Balaban J connectivity index is 1.81. The smallest absolute Gasteiger partial charge is 0.363 e. The van der Waals surface area contributed by atoms with Gasteiger partial charge < -0.3 is 35.4 Å². The van der Waals surface area contributed by atoms with Crippen LogP contribution in [0, 0.1) is 0 Å². The number of halogens is 2. The van der Waals surface area contributed by atoms with Gasteiger partial charge in [0.1, 0.15) is 17.7 Å². The predicted octanol–water partition coefficient (Wildman–Crippen LogP) is -1.08. The zero-order valence-corrected chi connectivity index (χ0v) is 16.4. The summed E-state index contributed by atoms with van der Waals surface area (Å²) in [6, 6.07) is 0. The van der Waals surface area contributed by atoms with Crippen LogP contribution < -0.4 is 11.1 Å². The van der Waals surface area contributed by atoms with E-state index < -0.39 is 50.6 Å². The number of carbonyl (C=O) groups excluding carboxylic acids is 1. The molecule has 0 spiro atoms. The number of likely N-dealkylation sites (N-methyl/N-ethyl adjacent to an activating group) is 1. The van der Waals surface area contributed by atoms with Crippen molar-refractivity contribution in [2.75, 3.05) is 19.4 Å². The topological polar surface area (TPSA) is 195 Å². The molecule has 160 valence electrons. The van der Waals surface area contributed by atoms with E-state index >= 15 is 0 Å². The molecule has 0 unspecified atom stereocenters. The third kappa shape index (κ3) is 4.19. The van der Waals surface area contributed by atoms with Crippen molar-refractivity contribution in [1.29, 1.82) is 0 Å². The minimum atomic E-state index is -4.97. The number of aromatic nitrogens is 4. The molecule has 3 heterocycles. The second-order valence-corrected chi connectivity index (χ2v) is 8.08. The Hall–Kier alpha value is -1.93. The number of amides is 1. The minimum absolute atomic E-state index is 0.0392. The number of hydrogen-bond acceptors (Lipinski definition) is 9. The predicted molar refractivity (Wildman–Crippen MR) is 95.4 cm³/mol. The highest BCUT2D eigenvalue weighted by atomic mass is 35.5. The molecule has 0 aliphatic carbocycles. The normalized spacial score (nSPS) is 26.0. The van der Waals surface area contributed by atoms with Crippen LogP contribution in [0.4, 0.5) is 10.2 Å². The van der Waals surface area contributed by atoms with E-state index in [1.54, 1.807) is 0 Å². The first-order valence-corrected chi connectivity index (χ1v) is 10.1. The zero-order valence-electron chi connectivity index (χ0n) is 14.7. The molecule has 1 aliphatic heterocycles. The van der Waals surface area contributed by atoms with Crippen LogP contribution in [0.3, 0.4) is 0 Å². The van der Waals surface area contributed by atoms with Crippen molar-refractivity contribution in [2.24, 2.45) is 0 Å². The monoisotopic (exact) mass is 454 g/mol. The summed E-state index contributed by atoms with van der Waals surface area (Å²) in [4.78, 5) is 41.7. The molecular weight excluding hydrogens is 438 g/mol. The van der Waals surface area contributed by atoms with Crippen molar-refractivity contribution in [2.45, 2.75) is 30.5 Å². The average molecular weight is 455 g/mol. The van der Waals surface area contributed by atoms with Crippen molar-refractivity contribution >= 4 is 42.1 Å². The van der Waals surface area contributed by atoms with Gasteiger partial charge in [-0.25, -0.2) is 9.37 Å². The number of nitrogens with one attached hydrogen (secondary N) is 1. The lowest BCUT2D eigenvalue weighted by atomic mass is 10.1. The van der Waals surface area contributed by atoms with Crippen LogP contribution in [0.2, 0.25) is 5.28 Å². The number of imidazole rings is 1. The number of anilines is 1. The van der Waals surface area contributed by atoms with Crippen LogP contribution in [0.15, 0.2) is 6.33 Å². The third-order valence-corrected chi connectivity index (χ3v) is 5.35. The van der Waals surface area contributed by atoms with Crippen molar-refractivity contribution < 1.29 is 38.1 Å². The number of hydrogen-bond donors (Lipinski definition) is 5. The third-order valence-electron chi connectivity index (χ3n) is 4.18. The molecule has 2 aromatic rings. The Bertz CT molecular complexity index is 973. The maximum atomic E-state index is 14.7. The molecule has 1 fully saturated rings. The summed E-state index contributed by atoms with van der Waals surface area (Å²) in [6.45, 7) is -0.675. The van der Waals surface area contributed by atoms with E-state index in [-0.39, 0.29) is 22.3 Å². The highest BCUT2D eigenvalue weighted by Crippen LogP contribution is 2.42. The molecule has 0 bridgehead atoms. The maximum Gasteiger partial charge on any atom is 0.363 e. The van der Waals surface area contributed by atoms with Gasteiger partial charge in [0.2, 0.25) is 11.1 Å². The van der Waals surface area contributed by atoms with E-state index in [0.29, 0.717) is 0 Å². The number of carbonyl (C=O) groups is 1. The second kappa shape index (κ2) is 8.07. The fraction of sp³-hybridized carbons (Fsp3) is 0.538. The first-order valence-electron chi connectivity index (χ1n) is 8.06. The maximum absolute atomic E-state index is 14.7. The van der Waals surface area contributed by atoms with Crippen molar-refractivity contribution in [3.05, 3.63) is 11.6 Å². The molecule has 1 aliphatic rings. The Morgan fingerprint density at radius 3 is 2.86 bits per heavy atom. The van der Waals surface area contributed by atoms with Gasteiger partial charge in [-0.15, -0.1) is 0 Å². The molecule has 2 aromatic heterocycles. The lowest BCUT2D eigenvalue weighted by Gasteiger charge is -2.21. The molecule has 3 rings (SSSR count). The van der Waals surface area contributed by atoms with Crippen molar-refractivity contribution in [1.82, 2.24) is 24.8 Å². The van der Waals surface area contributed by atoms with E-state index in [4.69, 9.17) is 26.8 Å². The lowest BCUT2D eigenvalue weighted by Crippen LogP contribution is -2.38. The number of nitrogen functional groups attached to an aromatic ring is 1. The van der Waals surface area contributed by atoms with Gasteiger partial charge in [-0.1, -0.05) is 0 Å². The van der Waals surface area contributed by atoms with Gasteiger partial charge in [0.05, 0.1) is 12.9 Å². The molecule has 29 heavy (non-hydrogen) atoms. The van der Waals surface area contributed by atoms with Crippen LogP contribution in [-0.4, -0.2) is 78.2 Å². The second-order valence-electron chi connectivity index (χ2n) is 6.09. The Labute approximate surface area is 167 Å². The standard InChI is InChI=1S/C13H17ClFN6O7P/c1-17-10(23)12(29(24,25)26)27-2-4-7(22)5(15)11(28-4)21-3-18-6-8(16)19-13(14)20-9(6)21/h3-5,7,11-12,22H,2H2,1H3,(H,17,23)(H2,16,19,20)(H2,24,25,26)/t4-,5+,7-,11-,12+/m1/s1. The fourth-order valence-electron chi connectivity index (χ4n) is 2.80. The molecule has 1 saturated heterocycles. The SMILES string of the molecule is CNC(=O)[C@@H](OC[C@H]1O[C@@H](n2cnc3c(N)nc(Cl)nc32)[C@@H](F)[C@@H]1O)P(=O)(O)O. The number of rotatable bonds is 6. The van der Waals surface area contributed by atoms with Crippen molar-refractivity contribution in [3.63, 3.8) is 0 Å². The van der Waals surface area contributed by atoms with Crippen LogP contribution in [-0.2, 0) is 18.8 Å². The summed E-state index contributed by atoms with van der Waals surface area (Å²) >= 11 is 5.76. The highest BCUT2D eigenvalue weighted by Gasteiger charge is 2.47. The number of alkyl halides is 1. The lowest BCUT2D eigenvalue weighted by molar-refractivity contribution is -0.132. The number of nitrogens with two attached hydrogens (primary N) is 1. The Morgan fingerprint density at radius 2 is 2.24 bits per heavy atom. The number of nitrogens with zero attached hydrogens (tertiary/aromatic N) is 4. The number of fused-ring (bicyclic) bond motifs is 1. The zero-order chi connectivity index (χ0) is 21.5. The fourth-order valence-corrected chi connectivity index (χ4v) is 3.68. The van der Waals surface area contributed by atoms with Gasteiger partial charge in [0.15, 0.2) is 23.9 Å². The van der Waals surface area contributed by atoms with Gasteiger partial charge in [-0.2, -0.15) is 9.97 Å². The number of ether oxygens (including phenoxy) is 2. The summed E-state index contributed by atoms with van der Waals surface area (Å²) in [5.74, 6) is -3.26. The molecule has 0 saturated carbocycles. The quantitative estimate of drug-likeness (QED) is 0.263. The summed E-state index contributed by atoms with van der Waals surface area (Å²) in [7, 11) is -3.81. The van der Waals surface area contributed by atoms with Crippen molar-refractivity contribution in [3.8, 4) is 0 Å². The summed E-state index contributed by atoms with van der Waals surface area (Å²) in [5, 5.41) is 12.0. The van der Waals surface area contributed by atoms with E-state index in [1.807, 2.05) is 5.32 Å². The molecule has 6 N–H and O–H groups in total. The Morgan fingerprint density at radius 1 is 1.55 bits per heavy atom. The molecule has 13 nitrogen and oxygen atoms in total.